The summed E-state index contributed by atoms with van der Waals surface area (Å²) in [4.78, 5) is 12.8. The van der Waals surface area contributed by atoms with E-state index < -0.39 is 10.0 Å². The lowest BCUT2D eigenvalue weighted by Crippen LogP contribution is -2.39. The smallest absolute Gasteiger partial charge is 0.290 e. The van der Waals surface area contributed by atoms with Gasteiger partial charge in [0, 0.05) is 30.9 Å². The lowest BCUT2D eigenvalue weighted by Gasteiger charge is -2.19. The number of nitrogens with zero attached hydrogens (tertiary/aromatic N) is 2. The lowest BCUT2D eigenvalue weighted by atomic mass is 9.95. The molecule has 0 atom stereocenters. The van der Waals surface area contributed by atoms with Crippen LogP contribution in [0.15, 0.2) is 47.6 Å². The highest BCUT2D eigenvalue weighted by Crippen LogP contribution is 2.23. The highest BCUT2D eigenvalue weighted by atomic mass is 32.2. The molecule has 1 aromatic heterocycles. The van der Waals surface area contributed by atoms with Gasteiger partial charge < -0.3 is 5.32 Å². The zero-order chi connectivity index (χ0) is 22.3. The zero-order valence-electron chi connectivity index (χ0n) is 18.7. The molecule has 0 unspecified atom stereocenters. The van der Waals surface area contributed by atoms with Crippen LogP contribution in [-0.2, 0) is 21.4 Å². The fourth-order valence-electron chi connectivity index (χ4n) is 3.57. The van der Waals surface area contributed by atoms with Crippen molar-refractivity contribution < 1.29 is 17.8 Å². The SMILES string of the molecule is CCC(CC)c1cc[n+](CC(=O)Nc2cc(S(=O)(=O)N(CC)CC)ccc2C)cc1. The number of aryl methyl sites for hydroxylation is 1. The van der Waals surface area contributed by atoms with Crippen molar-refractivity contribution in [2.75, 3.05) is 18.4 Å². The molecule has 1 N–H and O–H groups in total. The number of benzene rings is 1. The highest BCUT2D eigenvalue weighted by molar-refractivity contribution is 7.89. The fourth-order valence-corrected chi connectivity index (χ4v) is 5.06. The molecule has 2 aromatic rings. The van der Waals surface area contributed by atoms with Crippen LogP contribution in [0.2, 0.25) is 0 Å². The Labute approximate surface area is 181 Å². The normalized spacial score (nSPS) is 11.8. The van der Waals surface area contributed by atoms with Gasteiger partial charge in [-0.25, -0.2) is 8.42 Å². The van der Waals surface area contributed by atoms with Gasteiger partial charge in [-0.15, -0.1) is 0 Å². The van der Waals surface area contributed by atoms with Gasteiger partial charge in [0.1, 0.15) is 0 Å². The van der Waals surface area contributed by atoms with Gasteiger partial charge in [0.05, 0.1) is 4.90 Å². The highest BCUT2D eigenvalue weighted by Gasteiger charge is 2.23. The van der Waals surface area contributed by atoms with Crippen LogP contribution in [0.25, 0.3) is 0 Å². The zero-order valence-corrected chi connectivity index (χ0v) is 19.5. The molecule has 6 nitrogen and oxygen atoms in total. The van der Waals surface area contributed by atoms with E-state index in [1.165, 1.54) is 9.87 Å². The van der Waals surface area contributed by atoms with E-state index in [-0.39, 0.29) is 17.3 Å². The Hall–Kier alpha value is -2.25. The van der Waals surface area contributed by atoms with Crippen molar-refractivity contribution in [3.05, 3.63) is 53.9 Å². The summed E-state index contributed by atoms with van der Waals surface area (Å²) in [5.74, 6) is 0.336. The van der Waals surface area contributed by atoms with Crippen molar-refractivity contribution in [3.8, 4) is 0 Å². The second-order valence-corrected chi connectivity index (χ2v) is 9.37. The van der Waals surface area contributed by atoms with Crippen molar-refractivity contribution in [3.63, 3.8) is 0 Å². The standard InChI is InChI=1S/C23H33N3O3S/c1-6-19(7-2)20-12-14-25(15-13-20)17-23(27)24-22-16-21(11-10-18(22)5)30(28,29)26(8-3)9-4/h10-16,19H,6-9,17H2,1-5H3/p+1. The molecule has 1 aromatic carbocycles. The first-order valence-electron chi connectivity index (χ1n) is 10.7. The second kappa shape index (κ2) is 10.7. The number of pyridine rings is 1. The first kappa shape index (κ1) is 24.0. The van der Waals surface area contributed by atoms with Crippen LogP contribution in [0.3, 0.4) is 0 Å². The lowest BCUT2D eigenvalue weighted by molar-refractivity contribution is -0.684. The van der Waals surface area contributed by atoms with E-state index in [9.17, 15) is 13.2 Å². The number of hydrogen-bond donors (Lipinski definition) is 1. The van der Waals surface area contributed by atoms with Crippen molar-refractivity contribution >= 4 is 21.6 Å². The first-order valence-corrected chi connectivity index (χ1v) is 12.1. The first-order chi connectivity index (χ1) is 14.3. The van der Waals surface area contributed by atoms with Gasteiger partial charge in [-0.3, -0.25) is 4.79 Å². The van der Waals surface area contributed by atoms with E-state index in [4.69, 9.17) is 0 Å². The molecule has 2 rings (SSSR count). The molecule has 0 saturated heterocycles. The van der Waals surface area contributed by atoms with Gasteiger partial charge in [0.15, 0.2) is 12.4 Å². The van der Waals surface area contributed by atoms with Gasteiger partial charge in [-0.2, -0.15) is 8.87 Å². The maximum atomic E-state index is 12.8. The minimum Gasteiger partial charge on any atom is -0.320 e. The van der Waals surface area contributed by atoms with Crippen molar-refractivity contribution in [1.29, 1.82) is 0 Å². The molecular formula is C23H34N3O3S+. The second-order valence-electron chi connectivity index (χ2n) is 7.43. The van der Waals surface area contributed by atoms with Gasteiger partial charge in [0.25, 0.3) is 5.91 Å². The molecule has 7 heteroatoms. The Morgan fingerprint density at radius 2 is 1.63 bits per heavy atom. The van der Waals surface area contributed by atoms with E-state index >= 15 is 0 Å². The summed E-state index contributed by atoms with van der Waals surface area (Å²) in [7, 11) is -3.58. The quantitative estimate of drug-likeness (QED) is 0.580. The van der Waals surface area contributed by atoms with E-state index in [0.717, 1.165) is 18.4 Å². The van der Waals surface area contributed by atoms with Gasteiger partial charge >= 0.3 is 0 Å². The van der Waals surface area contributed by atoms with Gasteiger partial charge in [-0.05, 0) is 48.9 Å². The molecule has 1 amide bonds. The maximum absolute atomic E-state index is 12.8. The number of carbonyl (C=O) groups excluding carboxylic acids is 1. The minimum atomic E-state index is -3.58. The molecule has 0 aliphatic rings. The van der Waals surface area contributed by atoms with Crippen molar-refractivity contribution in [1.82, 2.24) is 4.31 Å². The maximum Gasteiger partial charge on any atom is 0.290 e. The number of amides is 1. The average Bonchev–Trinajstić information content (AvgIpc) is 2.72. The number of nitrogens with one attached hydrogen (secondary N) is 1. The average molecular weight is 433 g/mol. The van der Waals surface area contributed by atoms with E-state index in [0.29, 0.717) is 24.7 Å². The molecule has 0 fully saturated rings. The fraction of sp³-hybridized carbons (Fsp3) is 0.478. The molecule has 1 heterocycles. The largest absolute Gasteiger partial charge is 0.320 e. The number of sulfonamides is 1. The summed E-state index contributed by atoms with van der Waals surface area (Å²) >= 11 is 0. The third kappa shape index (κ3) is 5.67. The molecular weight excluding hydrogens is 398 g/mol. The van der Waals surface area contributed by atoms with Crippen molar-refractivity contribution in [2.45, 2.75) is 64.8 Å². The Balaban J connectivity index is 2.15. The predicted molar refractivity (Wildman–Crippen MR) is 120 cm³/mol. The van der Waals surface area contributed by atoms with E-state index in [1.807, 2.05) is 37.7 Å². The van der Waals surface area contributed by atoms with Crippen molar-refractivity contribution in [2.24, 2.45) is 0 Å². The molecule has 0 spiro atoms. The summed E-state index contributed by atoms with van der Waals surface area (Å²) in [5, 5.41) is 2.86. The van der Waals surface area contributed by atoms with Crippen LogP contribution >= 0.6 is 0 Å². The summed E-state index contributed by atoms with van der Waals surface area (Å²) in [6.07, 6.45) is 6.02. The number of aromatic nitrogens is 1. The monoisotopic (exact) mass is 432 g/mol. The van der Waals surface area contributed by atoms with Crippen LogP contribution in [0.4, 0.5) is 5.69 Å². The van der Waals surface area contributed by atoms with Crippen LogP contribution in [0.1, 0.15) is 57.6 Å². The third-order valence-corrected chi connectivity index (χ3v) is 7.57. The number of anilines is 1. The van der Waals surface area contributed by atoms with E-state index in [1.54, 1.807) is 18.2 Å². The molecule has 0 aliphatic carbocycles. The van der Waals surface area contributed by atoms with Crippen LogP contribution in [-0.4, -0.2) is 31.7 Å². The summed E-state index contributed by atoms with van der Waals surface area (Å²) in [6.45, 7) is 10.8. The molecule has 0 aliphatic heterocycles. The molecule has 0 radical (unpaired) electrons. The van der Waals surface area contributed by atoms with Crippen LogP contribution < -0.4 is 9.88 Å². The Kier molecular flexibility index (Phi) is 8.55. The summed E-state index contributed by atoms with van der Waals surface area (Å²) in [6, 6.07) is 8.98. The minimum absolute atomic E-state index is 0.162. The molecule has 0 bridgehead atoms. The Morgan fingerprint density at radius 1 is 1.03 bits per heavy atom. The topological polar surface area (TPSA) is 70.4 Å². The molecule has 30 heavy (non-hydrogen) atoms. The predicted octanol–water partition coefficient (Wildman–Crippen LogP) is 3.86. The number of hydrogen-bond acceptors (Lipinski definition) is 3. The molecule has 164 valence electrons. The van der Waals surface area contributed by atoms with Crippen LogP contribution in [0.5, 0.6) is 0 Å². The van der Waals surface area contributed by atoms with E-state index in [2.05, 4.69) is 31.3 Å². The Bertz CT molecular complexity index is 948. The number of carbonyl (C=O) groups is 1. The summed E-state index contributed by atoms with van der Waals surface area (Å²) in [5.41, 5.74) is 2.61. The Morgan fingerprint density at radius 3 is 2.17 bits per heavy atom. The third-order valence-electron chi connectivity index (χ3n) is 5.53. The van der Waals surface area contributed by atoms with Gasteiger partial charge in [0.2, 0.25) is 16.6 Å². The number of rotatable bonds is 10. The van der Waals surface area contributed by atoms with Crippen LogP contribution in [0, 0.1) is 6.92 Å². The molecule has 0 saturated carbocycles. The summed E-state index contributed by atoms with van der Waals surface area (Å²) < 4.78 is 28.8. The van der Waals surface area contributed by atoms with Gasteiger partial charge in [-0.1, -0.05) is 33.8 Å².